The number of thiophene rings is 1. The number of hydrogen-bond acceptors (Lipinski definition) is 3. The van der Waals surface area contributed by atoms with Gasteiger partial charge in [0.1, 0.15) is 0 Å². The van der Waals surface area contributed by atoms with Gasteiger partial charge in [-0.1, -0.05) is 60.7 Å². The highest BCUT2D eigenvalue weighted by molar-refractivity contribution is 7.08. The summed E-state index contributed by atoms with van der Waals surface area (Å²) in [5.41, 5.74) is 5.56. The second kappa shape index (κ2) is 7.20. The van der Waals surface area contributed by atoms with Crippen LogP contribution in [0.3, 0.4) is 0 Å². The van der Waals surface area contributed by atoms with Crippen molar-refractivity contribution in [2.24, 2.45) is 0 Å². The van der Waals surface area contributed by atoms with Crippen LogP contribution in [0, 0.1) is 0 Å². The molecule has 4 rings (SSSR count). The lowest BCUT2D eigenvalue weighted by Crippen LogP contribution is -1.88. The van der Waals surface area contributed by atoms with E-state index in [0.29, 0.717) is 0 Å². The van der Waals surface area contributed by atoms with E-state index in [1.54, 1.807) is 11.3 Å². The molecule has 0 radical (unpaired) electrons. The minimum Gasteiger partial charge on any atom is -0.339 e. The third kappa shape index (κ3) is 3.70. The van der Waals surface area contributed by atoms with Crippen LogP contribution in [0.1, 0.15) is 11.1 Å². The van der Waals surface area contributed by atoms with E-state index in [4.69, 9.17) is 0 Å². The fourth-order valence-corrected chi connectivity index (χ4v) is 3.42. The fraction of sp³-hybridized carbons (Fsp3) is 0. The molecule has 122 valence electrons. The molecule has 0 spiro atoms. The number of nitrogens with one attached hydrogen (secondary N) is 2. The van der Waals surface area contributed by atoms with Crippen LogP contribution in [0.2, 0.25) is 0 Å². The van der Waals surface area contributed by atoms with Gasteiger partial charge < -0.3 is 5.32 Å². The van der Waals surface area contributed by atoms with Crippen LogP contribution in [-0.2, 0) is 0 Å². The molecule has 0 bridgehead atoms. The van der Waals surface area contributed by atoms with Crippen LogP contribution >= 0.6 is 11.3 Å². The average molecular weight is 343 g/mol. The first kappa shape index (κ1) is 15.4. The van der Waals surface area contributed by atoms with Gasteiger partial charge in [-0.15, -0.1) is 0 Å². The smallest absolute Gasteiger partial charge is 0.152 e. The Balaban J connectivity index is 1.55. The number of H-pyrrole nitrogens is 1. The Labute approximate surface area is 150 Å². The van der Waals surface area contributed by atoms with Gasteiger partial charge in [0.25, 0.3) is 0 Å². The van der Waals surface area contributed by atoms with Gasteiger partial charge in [0.15, 0.2) is 5.82 Å². The molecule has 0 unspecified atom stereocenters. The van der Waals surface area contributed by atoms with E-state index >= 15 is 0 Å². The van der Waals surface area contributed by atoms with E-state index in [9.17, 15) is 0 Å². The van der Waals surface area contributed by atoms with Crippen LogP contribution in [-0.4, -0.2) is 10.2 Å². The maximum Gasteiger partial charge on any atom is 0.152 e. The van der Waals surface area contributed by atoms with Gasteiger partial charge >= 0.3 is 0 Å². The van der Waals surface area contributed by atoms with Crippen LogP contribution in [0.4, 0.5) is 11.5 Å². The van der Waals surface area contributed by atoms with E-state index in [-0.39, 0.29) is 0 Å². The van der Waals surface area contributed by atoms with Crippen molar-refractivity contribution in [2.45, 2.75) is 0 Å². The van der Waals surface area contributed by atoms with Gasteiger partial charge in [-0.05, 0) is 28.6 Å². The third-order valence-electron chi connectivity index (χ3n) is 3.86. The highest BCUT2D eigenvalue weighted by atomic mass is 32.1. The van der Waals surface area contributed by atoms with Crippen molar-refractivity contribution < 1.29 is 0 Å². The summed E-state index contributed by atoms with van der Waals surface area (Å²) in [7, 11) is 0. The van der Waals surface area contributed by atoms with Crippen molar-refractivity contribution in [3.63, 3.8) is 0 Å². The molecular weight excluding hydrogens is 326 g/mol. The Morgan fingerprint density at radius 2 is 1.64 bits per heavy atom. The van der Waals surface area contributed by atoms with Crippen LogP contribution in [0.15, 0.2) is 77.5 Å². The maximum absolute atomic E-state index is 4.37. The molecule has 0 saturated heterocycles. The van der Waals surface area contributed by atoms with Crippen molar-refractivity contribution in [1.82, 2.24) is 10.2 Å². The molecule has 2 aromatic carbocycles. The summed E-state index contributed by atoms with van der Waals surface area (Å²) in [5.74, 6) is 0.811. The molecule has 0 fully saturated rings. The lowest BCUT2D eigenvalue weighted by molar-refractivity contribution is 1.10. The summed E-state index contributed by atoms with van der Waals surface area (Å²) in [5, 5.41) is 15.1. The lowest BCUT2D eigenvalue weighted by Gasteiger charge is -2.00. The number of aromatic amines is 1. The molecule has 0 amide bonds. The minimum absolute atomic E-state index is 0.811. The number of hydrogen-bond donors (Lipinski definition) is 2. The highest BCUT2D eigenvalue weighted by Crippen LogP contribution is 2.29. The highest BCUT2D eigenvalue weighted by Gasteiger charge is 2.08. The van der Waals surface area contributed by atoms with Crippen LogP contribution in [0.25, 0.3) is 23.4 Å². The number of rotatable bonds is 5. The van der Waals surface area contributed by atoms with Gasteiger partial charge in [0, 0.05) is 22.7 Å². The van der Waals surface area contributed by atoms with Gasteiger partial charge in [-0.2, -0.15) is 16.4 Å². The van der Waals surface area contributed by atoms with Crippen molar-refractivity contribution in [2.75, 3.05) is 5.32 Å². The Bertz CT molecular complexity index is 969. The Hall–Kier alpha value is -3.11. The van der Waals surface area contributed by atoms with Gasteiger partial charge in [0.2, 0.25) is 0 Å². The Morgan fingerprint density at radius 1 is 0.880 bits per heavy atom. The van der Waals surface area contributed by atoms with Crippen molar-refractivity contribution in [3.8, 4) is 11.3 Å². The molecule has 2 aromatic heterocycles. The summed E-state index contributed by atoms with van der Waals surface area (Å²) in [4.78, 5) is 0. The number of nitrogens with zero attached hydrogens (tertiary/aromatic N) is 1. The van der Waals surface area contributed by atoms with Crippen molar-refractivity contribution in [3.05, 3.63) is 88.6 Å². The quantitative estimate of drug-likeness (QED) is 0.463. The molecule has 0 aliphatic rings. The predicted molar refractivity (Wildman–Crippen MR) is 107 cm³/mol. The minimum atomic E-state index is 0.811. The molecule has 25 heavy (non-hydrogen) atoms. The number of aromatic nitrogens is 2. The fourth-order valence-electron chi connectivity index (χ4n) is 2.60. The molecule has 3 nitrogen and oxygen atoms in total. The van der Waals surface area contributed by atoms with Gasteiger partial charge in [0.05, 0.1) is 5.69 Å². The Morgan fingerprint density at radius 3 is 2.44 bits per heavy atom. The van der Waals surface area contributed by atoms with E-state index < -0.39 is 0 Å². The standard InChI is InChI=1S/C21H17N3S/c1-3-7-16(8-4-1)11-12-17-14-25-15-19(17)20-13-21(24-23-20)22-18-9-5-2-6-10-18/h1-15H,(H2,22,23,24). The first-order valence-electron chi connectivity index (χ1n) is 8.06. The van der Waals surface area contributed by atoms with E-state index in [0.717, 1.165) is 22.8 Å². The second-order valence-electron chi connectivity index (χ2n) is 5.64. The van der Waals surface area contributed by atoms with Gasteiger partial charge in [-0.3, -0.25) is 5.10 Å². The SMILES string of the molecule is C(=Cc1cscc1-c1cc(Nc2ccccc2)n[nH]1)c1ccccc1. The zero-order valence-corrected chi connectivity index (χ0v) is 14.3. The number of anilines is 2. The molecule has 2 heterocycles. The summed E-state index contributed by atoms with van der Waals surface area (Å²) >= 11 is 1.69. The topological polar surface area (TPSA) is 40.7 Å². The predicted octanol–water partition coefficient (Wildman–Crippen LogP) is 6.05. The van der Waals surface area contributed by atoms with Crippen LogP contribution in [0.5, 0.6) is 0 Å². The molecule has 4 heteroatoms. The summed E-state index contributed by atoms with van der Waals surface area (Å²) < 4.78 is 0. The summed E-state index contributed by atoms with van der Waals surface area (Å²) in [6.07, 6.45) is 4.28. The third-order valence-corrected chi connectivity index (χ3v) is 4.62. The maximum atomic E-state index is 4.37. The lowest BCUT2D eigenvalue weighted by atomic mass is 10.1. The summed E-state index contributed by atoms with van der Waals surface area (Å²) in [6, 6.07) is 22.4. The molecule has 0 aliphatic carbocycles. The van der Waals surface area contributed by atoms with Gasteiger partial charge in [-0.25, -0.2) is 0 Å². The largest absolute Gasteiger partial charge is 0.339 e. The van der Waals surface area contributed by atoms with Crippen molar-refractivity contribution in [1.29, 1.82) is 0 Å². The molecule has 0 atom stereocenters. The molecule has 0 aliphatic heterocycles. The number of para-hydroxylation sites is 1. The van der Waals surface area contributed by atoms with Crippen LogP contribution < -0.4 is 5.32 Å². The Kier molecular flexibility index (Phi) is 4.44. The average Bonchev–Trinajstić information content (AvgIpc) is 3.31. The summed E-state index contributed by atoms with van der Waals surface area (Å²) in [6.45, 7) is 0. The van der Waals surface area contributed by atoms with E-state index in [2.05, 4.69) is 50.6 Å². The number of benzene rings is 2. The zero-order valence-electron chi connectivity index (χ0n) is 13.5. The monoisotopic (exact) mass is 343 g/mol. The van der Waals surface area contributed by atoms with E-state index in [1.807, 2.05) is 54.6 Å². The van der Waals surface area contributed by atoms with E-state index in [1.165, 1.54) is 11.1 Å². The molecule has 0 saturated carbocycles. The first-order chi connectivity index (χ1) is 12.4. The zero-order chi connectivity index (χ0) is 16.9. The molecule has 4 aromatic rings. The van der Waals surface area contributed by atoms with Crippen molar-refractivity contribution >= 4 is 35.0 Å². The normalized spacial score (nSPS) is 11.0. The first-order valence-corrected chi connectivity index (χ1v) is 9.00. The molecule has 2 N–H and O–H groups in total. The second-order valence-corrected chi connectivity index (χ2v) is 6.39. The molecular formula is C21H17N3S.